The van der Waals surface area contributed by atoms with Crippen LogP contribution in [0.15, 0.2) is 64.9 Å². The number of thiazole rings is 1. The second kappa shape index (κ2) is 8.00. The van der Waals surface area contributed by atoms with E-state index in [0.717, 1.165) is 11.3 Å². The van der Waals surface area contributed by atoms with Crippen LogP contribution in [-0.4, -0.2) is 34.3 Å². The molecule has 0 bridgehead atoms. The number of nitrogens with zero attached hydrogens (tertiary/aromatic N) is 1. The average Bonchev–Trinajstić information content (AvgIpc) is 3.07. The predicted molar refractivity (Wildman–Crippen MR) is 111 cm³/mol. The van der Waals surface area contributed by atoms with Crippen LogP contribution in [0.5, 0.6) is 0 Å². The Morgan fingerprint density at radius 3 is 2.38 bits per heavy atom. The molecule has 0 fully saturated rings. The van der Waals surface area contributed by atoms with Crippen LogP contribution in [-0.2, 0) is 20.0 Å². The molecule has 12 heteroatoms. The molecular formula is C17H16N4O5S3. The molecule has 3 aromatic rings. The number of amides is 1. The highest BCUT2D eigenvalue weighted by molar-refractivity contribution is 7.89. The van der Waals surface area contributed by atoms with E-state index in [9.17, 15) is 21.6 Å². The molecule has 0 unspecified atom stereocenters. The Hall–Kier alpha value is -2.64. The summed E-state index contributed by atoms with van der Waals surface area (Å²) in [5.41, 5.74) is 0.740. The number of nitrogens with one attached hydrogen (secondary N) is 2. The lowest BCUT2D eigenvalue weighted by molar-refractivity contribution is 0.102. The smallest absolute Gasteiger partial charge is 0.257 e. The molecule has 0 spiro atoms. The van der Waals surface area contributed by atoms with Crippen LogP contribution in [0.1, 0.15) is 10.4 Å². The monoisotopic (exact) mass is 452 g/mol. The van der Waals surface area contributed by atoms with E-state index in [1.807, 2.05) is 0 Å². The van der Waals surface area contributed by atoms with Gasteiger partial charge < -0.3 is 0 Å². The van der Waals surface area contributed by atoms with Gasteiger partial charge >= 0.3 is 0 Å². The fraction of sp³-hybridized carbons (Fsp3) is 0.0588. The van der Waals surface area contributed by atoms with E-state index in [1.54, 1.807) is 0 Å². The van der Waals surface area contributed by atoms with Gasteiger partial charge in [-0.3, -0.25) is 10.1 Å². The minimum absolute atomic E-state index is 0.0198. The molecule has 1 aromatic heterocycles. The van der Waals surface area contributed by atoms with Gasteiger partial charge in [-0.15, -0.1) is 6.58 Å². The fourth-order valence-electron chi connectivity index (χ4n) is 2.34. The number of rotatable bonds is 7. The lowest BCUT2D eigenvalue weighted by Gasteiger charge is -2.06. The molecule has 0 aliphatic carbocycles. The SMILES string of the molecule is C=CCNS(=O)(=O)c1ccc(C(=O)Nc2nc3ccc(S(N)(=O)=O)cc3s2)cc1. The molecular weight excluding hydrogens is 436 g/mol. The summed E-state index contributed by atoms with van der Waals surface area (Å²) in [6, 6.07) is 9.61. The van der Waals surface area contributed by atoms with Gasteiger partial charge in [-0.2, -0.15) is 0 Å². The molecule has 3 rings (SSSR count). The average molecular weight is 453 g/mol. The minimum Gasteiger partial charge on any atom is -0.298 e. The van der Waals surface area contributed by atoms with Crippen LogP contribution in [0.3, 0.4) is 0 Å². The standard InChI is InChI=1S/C17H16N4O5S3/c1-2-9-19-29(25,26)12-5-3-11(4-6-12)16(22)21-17-20-14-8-7-13(28(18,23)24)10-15(14)27-17/h2-8,10,19H,1,9H2,(H2,18,23,24)(H,20,21,22). The second-order valence-electron chi connectivity index (χ2n) is 5.81. The summed E-state index contributed by atoms with van der Waals surface area (Å²) in [5.74, 6) is -0.487. The minimum atomic E-state index is -3.84. The summed E-state index contributed by atoms with van der Waals surface area (Å²) in [5, 5.41) is 7.99. The van der Waals surface area contributed by atoms with Gasteiger partial charge in [0.15, 0.2) is 5.13 Å². The van der Waals surface area contributed by atoms with Crippen LogP contribution in [0.4, 0.5) is 5.13 Å². The molecule has 0 saturated carbocycles. The molecule has 0 radical (unpaired) electrons. The van der Waals surface area contributed by atoms with Crippen molar-refractivity contribution in [2.45, 2.75) is 9.79 Å². The van der Waals surface area contributed by atoms with E-state index in [1.165, 1.54) is 48.5 Å². The highest BCUT2D eigenvalue weighted by Crippen LogP contribution is 2.28. The third-order valence-corrected chi connectivity index (χ3v) is 7.04. The van der Waals surface area contributed by atoms with Gasteiger partial charge in [0.1, 0.15) is 0 Å². The molecule has 0 atom stereocenters. The van der Waals surface area contributed by atoms with E-state index >= 15 is 0 Å². The Morgan fingerprint density at radius 2 is 1.76 bits per heavy atom. The molecule has 0 aliphatic rings. The van der Waals surface area contributed by atoms with E-state index in [0.29, 0.717) is 10.2 Å². The van der Waals surface area contributed by atoms with Crippen LogP contribution in [0, 0.1) is 0 Å². The van der Waals surface area contributed by atoms with Gasteiger partial charge in [0, 0.05) is 12.1 Å². The van der Waals surface area contributed by atoms with E-state index in [-0.39, 0.29) is 27.0 Å². The largest absolute Gasteiger partial charge is 0.298 e. The Bertz CT molecular complexity index is 1300. The van der Waals surface area contributed by atoms with Gasteiger partial charge in [-0.25, -0.2) is 31.7 Å². The third-order valence-electron chi connectivity index (χ3n) is 3.75. The first-order valence-corrected chi connectivity index (χ1v) is 11.9. The van der Waals surface area contributed by atoms with Crippen LogP contribution < -0.4 is 15.2 Å². The number of hydrogen-bond acceptors (Lipinski definition) is 7. The number of hydrogen-bond donors (Lipinski definition) is 3. The van der Waals surface area contributed by atoms with Crippen molar-refractivity contribution in [1.82, 2.24) is 9.71 Å². The quantitative estimate of drug-likeness (QED) is 0.464. The second-order valence-corrected chi connectivity index (χ2v) is 10.2. The molecule has 0 aliphatic heterocycles. The van der Waals surface area contributed by atoms with Gasteiger partial charge in [0.05, 0.1) is 20.0 Å². The van der Waals surface area contributed by atoms with Crippen molar-refractivity contribution in [3.05, 3.63) is 60.7 Å². The topological polar surface area (TPSA) is 148 Å². The summed E-state index contributed by atoms with van der Waals surface area (Å²) in [6.45, 7) is 3.54. The Labute approximate surface area is 171 Å². The zero-order chi connectivity index (χ0) is 21.2. The summed E-state index contributed by atoms with van der Waals surface area (Å²) in [4.78, 5) is 16.6. The predicted octanol–water partition coefficient (Wildman–Crippen LogP) is 1.66. The maximum atomic E-state index is 12.4. The number of sulfonamides is 2. The van der Waals surface area contributed by atoms with Crippen molar-refractivity contribution in [3.63, 3.8) is 0 Å². The zero-order valence-electron chi connectivity index (χ0n) is 14.8. The zero-order valence-corrected chi connectivity index (χ0v) is 17.3. The highest BCUT2D eigenvalue weighted by atomic mass is 32.2. The first-order valence-electron chi connectivity index (χ1n) is 8.05. The first-order chi connectivity index (χ1) is 13.6. The molecule has 29 heavy (non-hydrogen) atoms. The highest BCUT2D eigenvalue weighted by Gasteiger charge is 2.16. The Morgan fingerprint density at radius 1 is 1.10 bits per heavy atom. The maximum absolute atomic E-state index is 12.4. The number of carbonyl (C=O) groups excluding carboxylic acids is 1. The summed E-state index contributed by atoms with van der Waals surface area (Å²) in [7, 11) is -7.52. The third kappa shape index (κ3) is 4.86. The van der Waals surface area contributed by atoms with Crippen molar-refractivity contribution in [2.75, 3.05) is 11.9 Å². The van der Waals surface area contributed by atoms with Gasteiger partial charge in [-0.1, -0.05) is 17.4 Å². The van der Waals surface area contributed by atoms with Crippen LogP contribution in [0.25, 0.3) is 10.2 Å². The summed E-state index contributed by atoms with van der Waals surface area (Å²) in [6.07, 6.45) is 1.42. The molecule has 2 aromatic carbocycles. The molecule has 1 amide bonds. The molecule has 9 nitrogen and oxygen atoms in total. The van der Waals surface area contributed by atoms with Gasteiger partial charge in [-0.05, 0) is 42.5 Å². The number of primary sulfonamides is 1. The Kier molecular flexibility index (Phi) is 5.82. The van der Waals surface area contributed by atoms with E-state index < -0.39 is 26.0 Å². The number of nitrogens with two attached hydrogens (primary N) is 1. The fourth-order valence-corrected chi connectivity index (χ4v) is 4.86. The number of aromatic nitrogens is 1. The number of fused-ring (bicyclic) bond motifs is 1. The van der Waals surface area contributed by atoms with Crippen LogP contribution >= 0.6 is 11.3 Å². The number of benzene rings is 2. The molecule has 0 saturated heterocycles. The Balaban J connectivity index is 1.79. The van der Waals surface area contributed by atoms with Gasteiger partial charge in [0.2, 0.25) is 20.0 Å². The number of carbonyl (C=O) groups is 1. The molecule has 4 N–H and O–H groups in total. The molecule has 152 valence electrons. The number of anilines is 1. The summed E-state index contributed by atoms with van der Waals surface area (Å²) < 4.78 is 49.8. The maximum Gasteiger partial charge on any atom is 0.257 e. The van der Waals surface area contributed by atoms with Crippen molar-refractivity contribution in [2.24, 2.45) is 5.14 Å². The lowest BCUT2D eigenvalue weighted by Crippen LogP contribution is -2.23. The van der Waals surface area contributed by atoms with Crippen molar-refractivity contribution >= 4 is 52.6 Å². The van der Waals surface area contributed by atoms with E-state index in [4.69, 9.17) is 5.14 Å². The van der Waals surface area contributed by atoms with Crippen molar-refractivity contribution in [3.8, 4) is 0 Å². The summed E-state index contributed by atoms with van der Waals surface area (Å²) >= 11 is 1.09. The van der Waals surface area contributed by atoms with Gasteiger partial charge in [0.25, 0.3) is 5.91 Å². The first kappa shape index (κ1) is 21.1. The van der Waals surface area contributed by atoms with Crippen LogP contribution in [0.2, 0.25) is 0 Å². The lowest BCUT2D eigenvalue weighted by atomic mass is 10.2. The van der Waals surface area contributed by atoms with Crippen molar-refractivity contribution in [1.29, 1.82) is 0 Å². The normalized spacial score (nSPS) is 12.0. The van der Waals surface area contributed by atoms with E-state index in [2.05, 4.69) is 21.6 Å². The molecule has 1 heterocycles. The van der Waals surface area contributed by atoms with Crippen molar-refractivity contribution < 1.29 is 21.6 Å².